The van der Waals surface area contributed by atoms with Crippen LogP contribution in [0.1, 0.15) is 19.3 Å². The predicted molar refractivity (Wildman–Crippen MR) is 65.2 cm³/mol. The van der Waals surface area contributed by atoms with E-state index in [-0.39, 0.29) is 11.9 Å². The van der Waals surface area contributed by atoms with Crippen molar-refractivity contribution in [2.75, 3.05) is 13.1 Å². The summed E-state index contributed by atoms with van der Waals surface area (Å²) >= 11 is 3.13. The molecule has 2 nitrogen and oxygen atoms in total. The highest BCUT2D eigenvalue weighted by molar-refractivity contribution is 9.10. The standard InChI is InChI=1S/C12H15BrFNO/c13-11-4-3-10(8-12(11)14)16-9-2-1-6-15-7-5-9/h3-4,8-9,15H,1-2,5-7H2. The van der Waals surface area contributed by atoms with Crippen LogP contribution in [0.2, 0.25) is 0 Å². The summed E-state index contributed by atoms with van der Waals surface area (Å²) in [7, 11) is 0. The molecule has 1 aromatic rings. The van der Waals surface area contributed by atoms with E-state index in [1.165, 1.54) is 6.07 Å². The van der Waals surface area contributed by atoms with E-state index in [1.54, 1.807) is 12.1 Å². The fourth-order valence-electron chi connectivity index (χ4n) is 1.85. The third kappa shape index (κ3) is 3.19. The van der Waals surface area contributed by atoms with Gasteiger partial charge in [-0.15, -0.1) is 0 Å². The van der Waals surface area contributed by atoms with Crippen molar-refractivity contribution in [3.8, 4) is 5.75 Å². The van der Waals surface area contributed by atoms with Crippen molar-refractivity contribution in [2.24, 2.45) is 0 Å². The minimum Gasteiger partial charge on any atom is -0.490 e. The molecule has 0 amide bonds. The Morgan fingerprint density at radius 3 is 3.00 bits per heavy atom. The fourth-order valence-corrected chi connectivity index (χ4v) is 2.09. The van der Waals surface area contributed by atoms with Gasteiger partial charge in [-0.1, -0.05) is 0 Å². The Morgan fingerprint density at radius 1 is 1.31 bits per heavy atom. The zero-order valence-electron chi connectivity index (χ0n) is 9.01. The average molecular weight is 288 g/mol. The Bertz CT molecular complexity index is 351. The summed E-state index contributed by atoms with van der Waals surface area (Å²) in [4.78, 5) is 0. The van der Waals surface area contributed by atoms with E-state index in [0.29, 0.717) is 10.2 Å². The van der Waals surface area contributed by atoms with Crippen LogP contribution < -0.4 is 10.1 Å². The van der Waals surface area contributed by atoms with Crippen LogP contribution in [0.3, 0.4) is 0 Å². The molecule has 0 saturated carbocycles. The lowest BCUT2D eigenvalue weighted by Gasteiger charge is -2.16. The van der Waals surface area contributed by atoms with Gasteiger partial charge < -0.3 is 10.1 Å². The van der Waals surface area contributed by atoms with Crippen molar-refractivity contribution >= 4 is 15.9 Å². The van der Waals surface area contributed by atoms with Gasteiger partial charge in [-0.05, 0) is 60.4 Å². The van der Waals surface area contributed by atoms with E-state index in [4.69, 9.17) is 4.74 Å². The van der Waals surface area contributed by atoms with E-state index < -0.39 is 0 Å². The van der Waals surface area contributed by atoms with Gasteiger partial charge in [0, 0.05) is 6.07 Å². The maximum absolute atomic E-state index is 13.3. The molecule has 4 heteroatoms. The molecule has 1 atom stereocenters. The number of halogens is 2. The third-order valence-electron chi connectivity index (χ3n) is 2.72. The van der Waals surface area contributed by atoms with Crippen molar-refractivity contribution in [1.82, 2.24) is 5.32 Å². The van der Waals surface area contributed by atoms with E-state index in [1.807, 2.05) is 0 Å². The van der Waals surface area contributed by atoms with Gasteiger partial charge in [0.2, 0.25) is 0 Å². The van der Waals surface area contributed by atoms with Gasteiger partial charge in [0.1, 0.15) is 11.6 Å². The lowest BCUT2D eigenvalue weighted by atomic mass is 10.1. The van der Waals surface area contributed by atoms with Crippen LogP contribution in [0, 0.1) is 5.82 Å². The SMILES string of the molecule is Fc1cc(OC2CCCNCC2)ccc1Br. The van der Waals surface area contributed by atoms with Crippen LogP contribution in [0.4, 0.5) is 4.39 Å². The Labute approximate surface area is 103 Å². The summed E-state index contributed by atoms with van der Waals surface area (Å²) in [6, 6.07) is 4.91. The lowest BCUT2D eigenvalue weighted by Crippen LogP contribution is -2.19. The monoisotopic (exact) mass is 287 g/mol. The fraction of sp³-hybridized carbons (Fsp3) is 0.500. The first-order valence-corrected chi connectivity index (χ1v) is 6.37. The predicted octanol–water partition coefficient (Wildman–Crippen LogP) is 3.11. The molecule has 0 aliphatic carbocycles. The summed E-state index contributed by atoms with van der Waals surface area (Å²) in [6.45, 7) is 2.03. The second kappa shape index (κ2) is 5.64. The van der Waals surface area contributed by atoms with Gasteiger partial charge in [-0.3, -0.25) is 0 Å². The number of nitrogens with one attached hydrogen (secondary N) is 1. The molecule has 1 aliphatic heterocycles. The summed E-state index contributed by atoms with van der Waals surface area (Å²) < 4.78 is 19.5. The molecule has 1 heterocycles. The van der Waals surface area contributed by atoms with Gasteiger partial charge in [0.25, 0.3) is 0 Å². The molecule has 2 rings (SSSR count). The molecule has 88 valence electrons. The Balaban J connectivity index is 1.99. The molecule has 0 spiro atoms. The normalized spacial score (nSPS) is 21.5. The zero-order chi connectivity index (χ0) is 11.4. The van der Waals surface area contributed by atoms with Crippen molar-refractivity contribution in [3.05, 3.63) is 28.5 Å². The van der Waals surface area contributed by atoms with E-state index >= 15 is 0 Å². The number of hydrogen-bond acceptors (Lipinski definition) is 2. The van der Waals surface area contributed by atoms with Crippen molar-refractivity contribution in [1.29, 1.82) is 0 Å². The smallest absolute Gasteiger partial charge is 0.141 e. The second-order valence-electron chi connectivity index (χ2n) is 4.00. The molecular weight excluding hydrogens is 273 g/mol. The summed E-state index contributed by atoms with van der Waals surface area (Å²) in [6.07, 6.45) is 3.34. The minimum atomic E-state index is -0.274. The number of hydrogen-bond donors (Lipinski definition) is 1. The van der Waals surface area contributed by atoms with E-state index in [0.717, 1.165) is 32.4 Å². The molecule has 0 radical (unpaired) electrons. The average Bonchev–Trinajstić information content (AvgIpc) is 2.52. The molecule has 1 fully saturated rings. The quantitative estimate of drug-likeness (QED) is 0.903. The highest BCUT2D eigenvalue weighted by Gasteiger charge is 2.13. The maximum Gasteiger partial charge on any atom is 0.141 e. The largest absolute Gasteiger partial charge is 0.490 e. The van der Waals surface area contributed by atoms with Crippen molar-refractivity contribution < 1.29 is 9.13 Å². The molecule has 1 saturated heterocycles. The van der Waals surface area contributed by atoms with Gasteiger partial charge >= 0.3 is 0 Å². The van der Waals surface area contributed by atoms with Crippen LogP contribution in [-0.4, -0.2) is 19.2 Å². The summed E-state index contributed by atoms with van der Waals surface area (Å²) in [5.41, 5.74) is 0. The first kappa shape index (κ1) is 11.9. The minimum absolute atomic E-state index is 0.204. The van der Waals surface area contributed by atoms with E-state index in [9.17, 15) is 4.39 Å². The summed E-state index contributed by atoms with van der Waals surface area (Å²) in [5.74, 6) is 0.344. The van der Waals surface area contributed by atoms with Crippen LogP contribution >= 0.6 is 15.9 Å². The molecule has 0 aromatic heterocycles. The van der Waals surface area contributed by atoms with Gasteiger partial charge in [0.05, 0.1) is 10.6 Å². The molecule has 0 bridgehead atoms. The molecule has 1 unspecified atom stereocenters. The molecule has 1 N–H and O–H groups in total. The third-order valence-corrected chi connectivity index (χ3v) is 3.36. The highest BCUT2D eigenvalue weighted by atomic mass is 79.9. The summed E-state index contributed by atoms with van der Waals surface area (Å²) in [5, 5.41) is 3.32. The van der Waals surface area contributed by atoms with Gasteiger partial charge in [-0.25, -0.2) is 4.39 Å². The molecule has 16 heavy (non-hydrogen) atoms. The second-order valence-corrected chi connectivity index (χ2v) is 4.85. The van der Waals surface area contributed by atoms with Crippen LogP contribution in [0.25, 0.3) is 0 Å². The number of rotatable bonds is 2. The van der Waals surface area contributed by atoms with Gasteiger partial charge in [-0.2, -0.15) is 0 Å². The number of benzene rings is 1. The Morgan fingerprint density at radius 2 is 2.19 bits per heavy atom. The van der Waals surface area contributed by atoms with E-state index in [2.05, 4.69) is 21.2 Å². The number of ether oxygens (including phenoxy) is 1. The molecule has 1 aliphatic rings. The maximum atomic E-state index is 13.3. The van der Waals surface area contributed by atoms with Gasteiger partial charge in [0.15, 0.2) is 0 Å². The van der Waals surface area contributed by atoms with Crippen LogP contribution in [0.5, 0.6) is 5.75 Å². The lowest BCUT2D eigenvalue weighted by molar-refractivity contribution is 0.187. The highest BCUT2D eigenvalue weighted by Crippen LogP contribution is 2.23. The van der Waals surface area contributed by atoms with Crippen molar-refractivity contribution in [3.63, 3.8) is 0 Å². The zero-order valence-corrected chi connectivity index (χ0v) is 10.6. The molecule has 1 aromatic carbocycles. The van der Waals surface area contributed by atoms with Crippen LogP contribution in [0.15, 0.2) is 22.7 Å². The van der Waals surface area contributed by atoms with Crippen LogP contribution in [-0.2, 0) is 0 Å². The first-order chi connectivity index (χ1) is 7.75. The van der Waals surface area contributed by atoms with Crippen molar-refractivity contribution in [2.45, 2.75) is 25.4 Å². The topological polar surface area (TPSA) is 21.3 Å². The Hall–Kier alpha value is -0.610. The first-order valence-electron chi connectivity index (χ1n) is 5.58. The molecular formula is C12H15BrFNO. The Kier molecular flexibility index (Phi) is 4.18.